The molecular weight excluding hydrogens is 404 g/mol. The Bertz CT molecular complexity index is 1210. The molecule has 1 aliphatic carbocycles. The Labute approximate surface area is 186 Å². The van der Waals surface area contributed by atoms with Crippen LogP contribution in [0.5, 0.6) is 0 Å². The highest BCUT2D eigenvalue weighted by Gasteiger charge is 2.31. The van der Waals surface area contributed by atoms with E-state index in [-0.39, 0.29) is 11.8 Å². The van der Waals surface area contributed by atoms with Gasteiger partial charge in [0.25, 0.3) is 11.8 Å². The second-order valence-corrected chi connectivity index (χ2v) is 8.19. The number of amides is 2. The molecule has 2 aromatic heterocycles. The highest BCUT2D eigenvalue weighted by molar-refractivity contribution is 6.07. The van der Waals surface area contributed by atoms with Crippen LogP contribution in [0.4, 0.5) is 0 Å². The van der Waals surface area contributed by atoms with Crippen molar-refractivity contribution in [2.75, 3.05) is 6.54 Å². The number of pyridine rings is 1. The maximum atomic E-state index is 13.3. The van der Waals surface area contributed by atoms with Crippen LogP contribution in [0.2, 0.25) is 0 Å². The molecule has 5 rings (SSSR count). The average molecular weight is 428 g/mol. The summed E-state index contributed by atoms with van der Waals surface area (Å²) in [6.45, 7) is 3.16. The van der Waals surface area contributed by atoms with Crippen molar-refractivity contribution < 1.29 is 14.0 Å². The van der Waals surface area contributed by atoms with Crippen LogP contribution in [0.1, 0.15) is 61.8 Å². The third-order valence-corrected chi connectivity index (χ3v) is 6.17. The number of hydrogen-bond donors (Lipinski definition) is 1. The van der Waals surface area contributed by atoms with Gasteiger partial charge in [0.15, 0.2) is 5.76 Å². The van der Waals surface area contributed by atoms with Crippen LogP contribution in [0.15, 0.2) is 58.3 Å². The Kier molecular flexibility index (Phi) is 5.31. The van der Waals surface area contributed by atoms with E-state index >= 15 is 0 Å². The van der Waals surface area contributed by atoms with E-state index in [0.29, 0.717) is 30.8 Å². The van der Waals surface area contributed by atoms with Crippen LogP contribution in [0, 0.1) is 6.92 Å². The molecule has 1 aliphatic heterocycles. The highest BCUT2D eigenvalue weighted by Crippen LogP contribution is 2.31. The minimum Gasteiger partial charge on any atom is -0.455 e. The molecule has 0 fully saturated rings. The summed E-state index contributed by atoms with van der Waals surface area (Å²) in [6.07, 6.45) is 6.30. The fourth-order valence-corrected chi connectivity index (χ4v) is 4.48. The van der Waals surface area contributed by atoms with E-state index in [4.69, 9.17) is 4.42 Å². The van der Waals surface area contributed by atoms with Crippen LogP contribution in [0.25, 0.3) is 0 Å². The summed E-state index contributed by atoms with van der Waals surface area (Å²) < 4.78 is 6.07. The van der Waals surface area contributed by atoms with Crippen LogP contribution in [0.3, 0.4) is 0 Å². The number of carbonyl (C=O) groups excluding carboxylic acids is 2. The van der Waals surface area contributed by atoms with Crippen LogP contribution < -0.4 is 5.43 Å². The molecule has 0 atom stereocenters. The Morgan fingerprint density at radius 2 is 1.84 bits per heavy atom. The van der Waals surface area contributed by atoms with E-state index in [1.165, 1.54) is 11.1 Å². The normalized spacial score (nSPS) is 16.4. The molecule has 0 saturated carbocycles. The fourth-order valence-electron chi connectivity index (χ4n) is 4.48. The number of furan rings is 1. The first-order valence-corrected chi connectivity index (χ1v) is 10.9. The number of hydrogen-bond acceptors (Lipinski definition) is 5. The number of nitrogens with zero attached hydrogens (tertiary/aromatic N) is 3. The lowest BCUT2D eigenvalue weighted by Gasteiger charge is -2.28. The smallest absolute Gasteiger partial charge is 0.290 e. The lowest BCUT2D eigenvalue weighted by molar-refractivity contribution is 0.0699. The van der Waals surface area contributed by atoms with E-state index in [0.717, 1.165) is 41.9 Å². The van der Waals surface area contributed by atoms with Gasteiger partial charge in [0, 0.05) is 48.6 Å². The summed E-state index contributed by atoms with van der Waals surface area (Å²) in [6, 6.07) is 11.5. The molecule has 1 aromatic carbocycles. The Balaban J connectivity index is 1.39. The molecule has 1 N–H and O–H groups in total. The zero-order valence-electron chi connectivity index (χ0n) is 17.9. The largest absolute Gasteiger partial charge is 0.455 e. The van der Waals surface area contributed by atoms with Crippen molar-refractivity contribution in [3.05, 3.63) is 88.1 Å². The van der Waals surface area contributed by atoms with Crippen LogP contribution in [-0.4, -0.2) is 34.0 Å². The summed E-state index contributed by atoms with van der Waals surface area (Å²) in [4.78, 5) is 31.5. The van der Waals surface area contributed by atoms with E-state index < -0.39 is 0 Å². The number of hydrazone groups is 1. The number of carbonyl (C=O) groups is 2. The summed E-state index contributed by atoms with van der Waals surface area (Å²) in [5, 5.41) is 4.39. The van der Waals surface area contributed by atoms with E-state index in [1.807, 2.05) is 24.0 Å². The fraction of sp³-hybridized carbons (Fsp3) is 0.280. The van der Waals surface area contributed by atoms with Gasteiger partial charge >= 0.3 is 0 Å². The molecule has 0 spiro atoms. The number of benzene rings is 1. The van der Waals surface area contributed by atoms with Crippen molar-refractivity contribution in [1.29, 1.82) is 0 Å². The van der Waals surface area contributed by atoms with Gasteiger partial charge < -0.3 is 9.32 Å². The molecule has 7 nitrogen and oxygen atoms in total. The Morgan fingerprint density at radius 1 is 1.06 bits per heavy atom. The summed E-state index contributed by atoms with van der Waals surface area (Å²) in [5.74, 6) is 0.763. The van der Waals surface area contributed by atoms with Crippen molar-refractivity contribution in [2.24, 2.45) is 5.10 Å². The van der Waals surface area contributed by atoms with E-state index in [1.54, 1.807) is 24.5 Å². The maximum absolute atomic E-state index is 13.3. The second kappa shape index (κ2) is 8.42. The quantitative estimate of drug-likeness (QED) is 0.645. The third kappa shape index (κ3) is 3.70. The zero-order valence-corrected chi connectivity index (χ0v) is 17.9. The van der Waals surface area contributed by atoms with Gasteiger partial charge in [0.1, 0.15) is 5.76 Å². The zero-order chi connectivity index (χ0) is 22.1. The standard InChI is InChI=1S/C25H24N4O3/c1-16-22-20(27-28-24(30)18-9-12-26-13-10-18)7-4-8-21(22)32-23(16)25(31)29-14-11-17-5-2-3-6-19(17)15-29/h2-3,5-6,9-10,12-13H,4,7-8,11,14-15H2,1H3,(H,28,30)/b27-20+. The predicted molar refractivity (Wildman–Crippen MR) is 120 cm³/mol. The topological polar surface area (TPSA) is 87.8 Å². The first kappa shape index (κ1) is 20.2. The summed E-state index contributed by atoms with van der Waals surface area (Å²) in [7, 11) is 0. The van der Waals surface area contributed by atoms with E-state index in [2.05, 4.69) is 27.6 Å². The minimum atomic E-state index is -0.295. The van der Waals surface area contributed by atoms with Crippen molar-refractivity contribution in [1.82, 2.24) is 15.3 Å². The van der Waals surface area contributed by atoms with Crippen molar-refractivity contribution in [2.45, 2.75) is 39.2 Å². The SMILES string of the molecule is Cc1c(C(=O)N2CCc3ccccc3C2)oc2c1/C(=N/NC(=O)c1ccncc1)CCC2. The van der Waals surface area contributed by atoms with Gasteiger partial charge in [0.2, 0.25) is 0 Å². The maximum Gasteiger partial charge on any atom is 0.290 e. The van der Waals surface area contributed by atoms with Gasteiger partial charge in [-0.05, 0) is 49.4 Å². The lowest BCUT2D eigenvalue weighted by Crippen LogP contribution is -2.36. The molecule has 162 valence electrons. The molecule has 0 saturated heterocycles. The molecule has 2 aliphatic rings. The lowest BCUT2D eigenvalue weighted by atomic mass is 9.93. The molecule has 0 unspecified atom stereocenters. The first-order valence-electron chi connectivity index (χ1n) is 10.9. The van der Waals surface area contributed by atoms with Gasteiger partial charge in [0.05, 0.1) is 5.71 Å². The summed E-state index contributed by atoms with van der Waals surface area (Å²) >= 11 is 0. The summed E-state index contributed by atoms with van der Waals surface area (Å²) in [5.41, 5.74) is 8.00. The third-order valence-electron chi connectivity index (χ3n) is 6.17. The number of nitrogens with one attached hydrogen (secondary N) is 1. The molecule has 0 radical (unpaired) electrons. The van der Waals surface area contributed by atoms with Gasteiger partial charge in [-0.3, -0.25) is 14.6 Å². The molecule has 7 heteroatoms. The van der Waals surface area contributed by atoms with Gasteiger partial charge in [-0.2, -0.15) is 5.10 Å². The van der Waals surface area contributed by atoms with Crippen LogP contribution in [-0.2, 0) is 19.4 Å². The Hall–Kier alpha value is -3.74. The number of fused-ring (bicyclic) bond motifs is 2. The molecule has 32 heavy (non-hydrogen) atoms. The molecule has 3 aromatic rings. The molecule has 3 heterocycles. The molecule has 2 amide bonds. The molecular formula is C25H24N4O3. The first-order chi connectivity index (χ1) is 15.6. The average Bonchev–Trinajstić information content (AvgIpc) is 3.19. The van der Waals surface area contributed by atoms with E-state index in [9.17, 15) is 9.59 Å². The minimum absolute atomic E-state index is 0.0911. The predicted octanol–water partition coefficient (Wildman–Crippen LogP) is 3.65. The number of aryl methyl sites for hydroxylation is 1. The second-order valence-electron chi connectivity index (χ2n) is 8.19. The molecule has 0 bridgehead atoms. The van der Waals surface area contributed by atoms with Gasteiger partial charge in [-0.15, -0.1) is 0 Å². The van der Waals surface area contributed by atoms with Crippen molar-refractivity contribution in [3.63, 3.8) is 0 Å². The monoisotopic (exact) mass is 428 g/mol. The van der Waals surface area contributed by atoms with Gasteiger partial charge in [-0.25, -0.2) is 5.43 Å². The van der Waals surface area contributed by atoms with Gasteiger partial charge in [-0.1, -0.05) is 24.3 Å². The Morgan fingerprint density at radius 3 is 2.66 bits per heavy atom. The van der Waals surface area contributed by atoms with Crippen molar-refractivity contribution in [3.8, 4) is 0 Å². The number of rotatable bonds is 3. The van der Waals surface area contributed by atoms with Crippen molar-refractivity contribution >= 4 is 17.5 Å². The number of aromatic nitrogens is 1. The highest BCUT2D eigenvalue weighted by atomic mass is 16.4. The van der Waals surface area contributed by atoms with Crippen LogP contribution >= 0.6 is 0 Å².